The zero-order valence-electron chi connectivity index (χ0n) is 13.0. The van der Waals surface area contributed by atoms with E-state index in [9.17, 15) is 4.79 Å². The predicted octanol–water partition coefficient (Wildman–Crippen LogP) is 3.68. The first-order chi connectivity index (χ1) is 10.7. The summed E-state index contributed by atoms with van der Waals surface area (Å²) in [5.74, 6) is 1.44. The summed E-state index contributed by atoms with van der Waals surface area (Å²) >= 11 is 0. The first-order valence-electron chi connectivity index (χ1n) is 7.68. The van der Waals surface area contributed by atoms with Crippen LogP contribution in [-0.4, -0.2) is 13.0 Å². The molecule has 1 N–H and O–H groups in total. The highest BCUT2D eigenvalue weighted by Crippen LogP contribution is 2.47. The van der Waals surface area contributed by atoms with E-state index < -0.39 is 0 Å². The minimum atomic E-state index is -0.0142. The zero-order chi connectivity index (χ0) is 15.5. The third kappa shape index (κ3) is 3.14. The molecule has 1 fully saturated rings. The standard InChI is InChI=1S/C19H21NO2/c1-13(15-9-6-10-16(11-15)22-2)20-19(21)18-12-17(18)14-7-4-3-5-8-14/h3-11,13,17-18H,12H2,1-2H3,(H,20,21)/t13-,17+,18-/m0/s1. The first kappa shape index (κ1) is 14.6. The molecule has 3 rings (SSSR count). The average Bonchev–Trinajstić information content (AvgIpc) is 3.36. The van der Waals surface area contributed by atoms with Gasteiger partial charge in [-0.15, -0.1) is 0 Å². The topological polar surface area (TPSA) is 38.3 Å². The van der Waals surface area contributed by atoms with E-state index in [2.05, 4.69) is 17.4 Å². The number of ether oxygens (including phenoxy) is 1. The molecule has 0 aromatic heterocycles. The third-order valence-electron chi connectivity index (χ3n) is 4.31. The number of carbonyl (C=O) groups excluding carboxylic acids is 1. The van der Waals surface area contributed by atoms with E-state index >= 15 is 0 Å². The molecule has 1 aliphatic carbocycles. The molecule has 1 aliphatic rings. The summed E-state index contributed by atoms with van der Waals surface area (Å²) in [6.45, 7) is 2.01. The van der Waals surface area contributed by atoms with Crippen LogP contribution in [0.5, 0.6) is 5.75 Å². The van der Waals surface area contributed by atoms with Crippen molar-refractivity contribution >= 4 is 5.91 Å². The molecule has 0 radical (unpaired) electrons. The van der Waals surface area contributed by atoms with E-state index in [1.807, 2.05) is 49.4 Å². The lowest BCUT2D eigenvalue weighted by molar-refractivity contribution is -0.123. The molecular formula is C19H21NO2. The molecule has 0 spiro atoms. The highest BCUT2D eigenvalue weighted by atomic mass is 16.5. The van der Waals surface area contributed by atoms with Gasteiger partial charge in [0.05, 0.1) is 13.2 Å². The monoisotopic (exact) mass is 295 g/mol. The van der Waals surface area contributed by atoms with Crippen molar-refractivity contribution in [3.8, 4) is 5.75 Å². The molecule has 3 atom stereocenters. The molecule has 0 bridgehead atoms. The van der Waals surface area contributed by atoms with Crippen LogP contribution in [0.1, 0.15) is 36.4 Å². The lowest BCUT2D eigenvalue weighted by Gasteiger charge is -2.15. The number of benzene rings is 2. The molecule has 2 aromatic rings. The SMILES string of the molecule is COc1cccc([C@H](C)NC(=O)[C@H]2C[C@@H]2c2ccccc2)c1. The normalized spacial score (nSPS) is 21.0. The van der Waals surface area contributed by atoms with Crippen LogP contribution in [0.2, 0.25) is 0 Å². The van der Waals surface area contributed by atoms with Gasteiger partial charge in [-0.05, 0) is 42.5 Å². The summed E-state index contributed by atoms with van der Waals surface area (Å²) < 4.78 is 5.23. The lowest BCUT2D eigenvalue weighted by Crippen LogP contribution is -2.28. The van der Waals surface area contributed by atoms with Crippen molar-refractivity contribution in [1.82, 2.24) is 5.32 Å². The van der Waals surface area contributed by atoms with E-state index in [0.29, 0.717) is 5.92 Å². The second-order valence-electron chi connectivity index (χ2n) is 5.87. The van der Waals surface area contributed by atoms with Crippen LogP contribution in [0.3, 0.4) is 0 Å². The van der Waals surface area contributed by atoms with Crippen LogP contribution < -0.4 is 10.1 Å². The van der Waals surface area contributed by atoms with E-state index in [0.717, 1.165) is 17.7 Å². The summed E-state index contributed by atoms with van der Waals surface area (Å²) in [6, 6.07) is 18.1. The Kier molecular flexibility index (Phi) is 4.14. The molecule has 1 amide bonds. The van der Waals surface area contributed by atoms with Crippen molar-refractivity contribution < 1.29 is 9.53 Å². The van der Waals surface area contributed by atoms with Gasteiger partial charge in [-0.1, -0.05) is 42.5 Å². The van der Waals surface area contributed by atoms with Gasteiger partial charge < -0.3 is 10.1 Å². The Bertz CT molecular complexity index is 653. The Labute approximate surface area is 131 Å². The number of hydrogen-bond donors (Lipinski definition) is 1. The van der Waals surface area contributed by atoms with Crippen molar-refractivity contribution in [2.24, 2.45) is 5.92 Å². The second kappa shape index (κ2) is 6.22. The maximum Gasteiger partial charge on any atom is 0.224 e. The van der Waals surface area contributed by atoms with Crippen LogP contribution in [0.15, 0.2) is 54.6 Å². The lowest BCUT2D eigenvalue weighted by atomic mass is 10.1. The van der Waals surface area contributed by atoms with Crippen molar-refractivity contribution in [1.29, 1.82) is 0 Å². The Hall–Kier alpha value is -2.29. The fourth-order valence-electron chi connectivity index (χ4n) is 2.87. The Morgan fingerprint density at radius 3 is 2.68 bits per heavy atom. The van der Waals surface area contributed by atoms with Crippen LogP contribution in [0, 0.1) is 5.92 Å². The smallest absolute Gasteiger partial charge is 0.224 e. The van der Waals surface area contributed by atoms with Gasteiger partial charge in [-0.2, -0.15) is 0 Å². The largest absolute Gasteiger partial charge is 0.497 e. The van der Waals surface area contributed by atoms with Gasteiger partial charge in [0, 0.05) is 5.92 Å². The summed E-state index contributed by atoms with van der Waals surface area (Å²) in [5.41, 5.74) is 2.32. The van der Waals surface area contributed by atoms with Gasteiger partial charge >= 0.3 is 0 Å². The highest BCUT2D eigenvalue weighted by Gasteiger charge is 2.44. The molecule has 0 heterocycles. The number of nitrogens with one attached hydrogen (secondary N) is 1. The van der Waals surface area contributed by atoms with Gasteiger partial charge in [0.2, 0.25) is 5.91 Å². The fourth-order valence-corrected chi connectivity index (χ4v) is 2.87. The number of carbonyl (C=O) groups is 1. The molecule has 22 heavy (non-hydrogen) atoms. The quantitative estimate of drug-likeness (QED) is 0.914. The molecule has 3 heteroatoms. The zero-order valence-corrected chi connectivity index (χ0v) is 13.0. The predicted molar refractivity (Wildman–Crippen MR) is 86.8 cm³/mol. The Morgan fingerprint density at radius 2 is 1.95 bits per heavy atom. The molecule has 114 valence electrons. The maximum absolute atomic E-state index is 12.4. The summed E-state index contributed by atoms with van der Waals surface area (Å²) in [6.07, 6.45) is 0.945. The molecule has 0 saturated heterocycles. The van der Waals surface area contributed by atoms with Crippen molar-refractivity contribution in [2.45, 2.75) is 25.3 Å². The summed E-state index contributed by atoms with van der Waals surface area (Å²) in [7, 11) is 1.65. The molecule has 0 unspecified atom stereocenters. The minimum Gasteiger partial charge on any atom is -0.497 e. The Balaban J connectivity index is 1.60. The van der Waals surface area contributed by atoms with Crippen molar-refractivity contribution in [2.75, 3.05) is 7.11 Å². The van der Waals surface area contributed by atoms with Crippen LogP contribution >= 0.6 is 0 Å². The molecular weight excluding hydrogens is 274 g/mol. The van der Waals surface area contributed by atoms with Crippen LogP contribution in [0.4, 0.5) is 0 Å². The molecule has 3 nitrogen and oxygen atoms in total. The Morgan fingerprint density at radius 1 is 1.18 bits per heavy atom. The van der Waals surface area contributed by atoms with Crippen molar-refractivity contribution in [3.63, 3.8) is 0 Å². The van der Waals surface area contributed by atoms with Gasteiger partial charge in [0.1, 0.15) is 5.75 Å². The third-order valence-corrected chi connectivity index (χ3v) is 4.31. The minimum absolute atomic E-state index is 0.0142. The first-order valence-corrected chi connectivity index (χ1v) is 7.68. The second-order valence-corrected chi connectivity index (χ2v) is 5.87. The average molecular weight is 295 g/mol. The van der Waals surface area contributed by atoms with Crippen LogP contribution in [-0.2, 0) is 4.79 Å². The molecule has 2 aromatic carbocycles. The molecule has 0 aliphatic heterocycles. The number of amides is 1. The van der Waals surface area contributed by atoms with E-state index in [1.165, 1.54) is 5.56 Å². The fraction of sp³-hybridized carbons (Fsp3) is 0.316. The van der Waals surface area contributed by atoms with Gasteiger partial charge in [0.25, 0.3) is 0 Å². The van der Waals surface area contributed by atoms with Crippen LogP contribution in [0.25, 0.3) is 0 Å². The molecule has 1 saturated carbocycles. The van der Waals surface area contributed by atoms with E-state index in [-0.39, 0.29) is 17.9 Å². The highest BCUT2D eigenvalue weighted by molar-refractivity contribution is 5.83. The number of rotatable bonds is 5. The van der Waals surface area contributed by atoms with Gasteiger partial charge in [-0.25, -0.2) is 0 Å². The number of hydrogen-bond acceptors (Lipinski definition) is 2. The number of methoxy groups -OCH3 is 1. The summed E-state index contributed by atoms with van der Waals surface area (Å²) in [4.78, 5) is 12.4. The van der Waals surface area contributed by atoms with E-state index in [1.54, 1.807) is 7.11 Å². The van der Waals surface area contributed by atoms with Gasteiger partial charge in [-0.3, -0.25) is 4.79 Å². The maximum atomic E-state index is 12.4. The van der Waals surface area contributed by atoms with Gasteiger partial charge in [0.15, 0.2) is 0 Å². The summed E-state index contributed by atoms with van der Waals surface area (Å²) in [5, 5.41) is 3.11. The van der Waals surface area contributed by atoms with E-state index in [4.69, 9.17) is 4.74 Å². The van der Waals surface area contributed by atoms with Crippen molar-refractivity contribution in [3.05, 3.63) is 65.7 Å².